The van der Waals surface area contributed by atoms with Crippen molar-refractivity contribution >= 4 is 0 Å². The van der Waals surface area contributed by atoms with Crippen molar-refractivity contribution in [1.82, 2.24) is 15.1 Å². The molecule has 0 spiro atoms. The van der Waals surface area contributed by atoms with Gasteiger partial charge in [-0.1, -0.05) is 20.8 Å². The van der Waals surface area contributed by atoms with Crippen LogP contribution in [0.1, 0.15) is 40.5 Å². The number of piperazine rings is 1. The predicted molar refractivity (Wildman–Crippen MR) is 80.1 cm³/mol. The summed E-state index contributed by atoms with van der Waals surface area (Å²) < 4.78 is 0. The summed E-state index contributed by atoms with van der Waals surface area (Å²) in [6.45, 7) is 16.4. The van der Waals surface area contributed by atoms with Gasteiger partial charge in [0, 0.05) is 38.8 Å². The third-order valence-electron chi connectivity index (χ3n) is 4.85. The molecule has 3 nitrogen and oxygen atoms in total. The van der Waals surface area contributed by atoms with Crippen LogP contribution in [0.4, 0.5) is 0 Å². The van der Waals surface area contributed by atoms with Gasteiger partial charge in [-0.3, -0.25) is 4.90 Å². The molecule has 0 aromatic rings. The van der Waals surface area contributed by atoms with Crippen molar-refractivity contribution in [1.29, 1.82) is 0 Å². The maximum atomic E-state index is 3.56. The van der Waals surface area contributed by atoms with E-state index in [0.29, 0.717) is 11.5 Å². The molecule has 1 unspecified atom stereocenters. The fourth-order valence-electron chi connectivity index (χ4n) is 2.91. The van der Waals surface area contributed by atoms with E-state index in [1.54, 1.807) is 0 Å². The van der Waals surface area contributed by atoms with Crippen LogP contribution in [0.15, 0.2) is 0 Å². The zero-order valence-corrected chi connectivity index (χ0v) is 13.1. The molecule has 1 saturated heterocycles. The van der Waals surface area contributed by atoms with E-state index < -0.39 is 0 Å². The van der Waals surface area contributed by atoms with Crippen LogP contribution >= 0.6 is 0 Å². The summed E-state index contributed by atoms with van der Waals surface area (Å²) in [7, 11) is 2.24. The lowest BCUT2D eigenvalue weighted by Gasteiger charge is -2.43. The Morgan fingerprint density at radius 1 is 1.17 bits per heavy atom. The molecule has 108 valence electrons. The summed E-state index contributed by atoms with van der Waals surface area (Å²) >= 11 is 0. The highest BCUT2D eigenvalue weighted by molar-refractivity contribution is 4.86. The molecule has 0 aromatic carbocycles. The van der Waals surface area contributed by atoms with Crippen LogP contribution in [0.2, 0.25) is 0 Å². The molecule has 0 bridgehead atoms. The molecule has 0 aliphatic carbocycles. The number of hydrogen-bond donors (Lipinski definition) is 1. The average Bonchev–Trinajstić information content (AvgIpc) is 2.39. The number of hydrogen-bond acceptors (Lipinski definition) is 3. The van der Waals surface area contributed by atoms with Crippen LogP contribution in [0, 0.1) is 5.41 Å². The van der Waals surface area contributed by atoms with Gasteiger partial charge in [-0.15, -0.1) is 0 Å². The zero-order valence-electron chi connectivity index (χ0n) is 13.1. The van der Waals surface area contributed by atoms with Crippen LogP contribution in [0.5, 0.6) is 0 Å². The molecule has 0 aromatic heterocycles. The number of nitrogens with zero attached hydrogens (tertiary/aromatic N) is 2. The monoisotopic (exact) mass is 255 g/mol. The van der Waals surface area contributed by atoms with Gasteiger partial charge in [0.05, 0.1) is 0 Å². The van der Waals surface area contributed by atoms with E-state index in [1.165, 1.54) is 39.0 Å². The lowest BCUT2D eigenvalue weighted by Crippen LogP contribution is -2.54. The second kappa shape index (κ2) is 7.46. The topological polar surface area (TPSA) is 18.5 Å². The summed E-state index contributed by atoms with van der Waals surface area (Å²) in [6.07, 6.45) is 2.55. The Balaban J connectivity index is 2.55. The molecule has 3 heteroatoms. The van der Waals surface area contributed by atoms with Gasteiger partial charge in [-0.25, -0.2) is 0 Å². The van der Waals surface area contributed by atoms with Crippen LogP contribution in [-0.4, -0.2) is 62.2 Å². The molecule has 1 atom stereocenters. The van der Waals surface area contributed by atoms with Crippen molar-refractivity contribution in [3.8, 4) is 0 Å². The standard InChI is InChI=1S/C15H33N3/c1-6-15(7-2,12-16-8-3)13-18-10-9-17(5)14(4)11-18/h14,16H,6-13H2,1-5H3. The fourth-order valence-corrected chi connectivity index (χ4v) is 2.91. The summed E-state index contributed by atoms with van der Waals surface area (Å²) in [4.78, 5) is 5.15. The van der Waals surface area contributed by atoms with Crippen LogP contribution in [0.25, 0.3) is 0 Å². The van der Waals surface area contributed by atoms with Gasteiger partial charge < -0.3 is 10.2 Å². The van der Waals surface area contributed by atoms with Crippen molar-refractivity contribution in [2.45, 2.75) is 46.6 Å². The molecule has 18 heavy (non-hydrogen) atoms. The number of nitrogens with one attached hydrogen (secondary N) is 1. The molecule has 1 rings (SSSR count). The van der Waals surface area contributed by atoms with E-state index in [9.17, 15) is 0 Å². The second-order valence-corrected chi connectivity index (χ2v) is 6.05. The van der Waals surface area contributed by atoms with E-state index in [0.717, 1.165) is 13.1 Å². The first-order valence-electron chi connectivity index (χ1n) is 7.70. The van der Waals surface area contributed by atoms with Crippen molar-refractivity contribution in [3.05, 3.63) is 0 Å². The molecule has 1 aliphatic rings. The van der Waals surface area contributed by atoms with Gasteiger partial charge >= 0.3 is 0 Å². The van der Waals surface area contributed by atoms with Gasteiger partial charge in [-0.2, -0.15) is 0 Å². The maximum absolute atomic E-state index is 3.56. The normalized spacial score (nSPS) is 23.5. The summed E-state index contributed by atoms with van der Waals surface area (Å²) in [5, 5.41) is 3.56. The molecular formula is C15H33N3. The molecule has 0 radical (unpaired) electrons. The van der Waals surface area contributed by atoms with Gasteiger partial charge in [0.15, 0.2) is 0 Å². The highest BCUT2D eigenvalue weighted by Crippen LogP contribution is 2.27. The summed E-state index contributed by atoms with van der Waals surface area (Å²) in [5.74, 6) is 0. The van der Waals surface area contributed by atoms with Gasteiger partial charge in [0.2, 0.25) is 0 Å². The molecule has 0 saturated carbocycles. The molecule has 1 fully saturated rings. The Kier molecular flexibility index (Phi) is 6.61. The zero-order chi connectivity index (χ0) is 13.6. The largest absolute Gasteiger partial charge is 0.316 e. The summed E-state index contributed by atoms with van der Waals surface area (Å²) in [6, 6.07) is 0.698. The van der Waals surface area contributed by atoms with E-state index in [4.69, 9.17) is 0 Å². The first-order chi connectivity index (χ1) is 8.56. The first-order valence-corrected chi connectivity index (χ1v) is 7.70. The lowest BCUT2D eigenvalue weighted by atomic mass is 9.81. The Bertz CT molecular complexity index is 226. The average molecular weight is 255 g/mol. The third-order valence-corrected chi connectivity index (χ3v) is 4.85. The Labute approximate surface area is 114 Å². The van der Waals surface area contributed by atoms with Gasteiger partial charge in [-0.05, 0) is 38.8 Å². The van der Waals surface area contributed by atoms with Crippen molar-refractivity contribution < 1.29 is 0 Å². The minimum Gasteiger partial charge on any atom is -0.316 e. The van der Waals surface area contributed by atoms with Crippen molar-refractivity contribution in [2.75, 3.05) is 46.3 Å². The number of likely N-dealkylation sites (N-methyl/N-ethyl adjacent to an activating group) is 1. The summed E-state index contributed by atoms with van der Waals surface area (Å²) in [5.41, 5.74) is 0.464. The van der Waals surface area contributed by atoms with E-state index >= 15 is 0 Å². The second-order valence-electron chi connectivity index (χ2n) is 6.05. The number of rotatable bonds is 7. The van der Waals surface area contributed by atoms with Gasteiger partial charge in [0.1, 0.15) is 0 Å². The van der Waals surface area contributed by atoms with Crippen LogP contribution in [0.3, 0.4) is 0 Å². The molecule has 1 N–H and O–H groups in total. The quantitative estimate of drug-likeness (QED) is 0.751. The Morgan fingerprint density at radius 3 is 2.33 bits per heavy atom. The highest BCUT2D eigenvalue weighted by Gasteiger charge is 2.30. The van der Waals surface area contributed by atoms with E-state index in [2.05, 4.69) is 49.9 Å². The molecular weight excluding hydrogens is 222 g/mol. The highest BCUT2D eigenvalue weighted by atomic mass is 15.3. The Hall–Kier alpha value is -0.120. The van der Waals surface area contributed by atoms with Crippen molar-refractivity contribution in [2.24, 2.45) is 5.41 Å². The van der Waals surface area contributed by atoms with Gasteiger partial charge in [0.25, 0.3) is 0 Å². The third kappa shape index (κ3) is 4.22. The first kappa shape index (κ1) is 15.9. The maximum Gasteiger partial charge on any atom is 0.0192 e. The minimum atomic E-state index is 0.464. The minimum absolute atomic E-state index is 0.464. The van der Waals surface area contributed by atoms with Crippen molar-refractivity contribution in [3.63, 3.8) is 0 Å². The lowest BCUT2D eigenvalue weighted by molar-refractivity contribution is 0.0600. The van der Waals surface area contributed by atoms with Crippen LogP contribution in [-0.2, 0) is 0 Å². The van der Waals surface area contributed by atoms with E-state index in [-0.39, 0.29) is 0 Å². The van der Waals surface area contributed by atoms with E-state index in [1.807, 2.05) is 0 Å². The SMILES string of the molecule is CCNCC(CC)(CC)CN1CCN(C)C(C)C1. The Morgan fingerprint density at radius 2 is 1.83 bits per heavy atom. The fraction of sp³-hybridized carbons (Fsp3) is 1.00. The van der Waals surface area contributed by atoms with Crippen LogP contribution < -0.4 is 5.32 Å². The smallest absolute Gasteiger partial charge is 0.0192 e. The molecule has 1 aliphatic heterocycles. The molecule has 1 heterocycles. The predicted octanol–water partition coefficient (Wildman–Crippen LogP) is 2.04. The molecule has 0 amide bonds.